The van der Waals surface area contributed by atoms with Crippen LogP contribution >= 0.6 is 0 Å². The first-order valence-corrected chi connectivity index (χ1v) is 6.68. The maximum Gasteiger partial charge on any atom is 0.323 e. The van der Waals surface area contributed by atoms with Crippen LogP contribution in [0.5, 0.6) is 0 Å². The van der Waals surface area contributed by atoms with Crippen LogP contribution in [0.1, 0.15) is 46.0 Å². The van der Waals surface area contributed by atoms with E-state index in [0.29, 0.717) is 19.4 Å². The van der Waals surface area contributed by atoms with E-state index >= 15 is 0 Å². The molecule has 0 aromatic rings. The molecule has 2 atom stereocenters. The lowest BCUT2D eigenvalue weighted by molar-refractivity contribution is -0.144. The van der Waals surface area contributed by atoms with Crippen molar-refractivity contribution in [2.75, 3.05) is 13.1 Å². The van der Waals surface area contributed by atoms with Gasteiger partial charge in [-0.25, -0.2) is 0 Å². The average Bonchev–Trinajstić information content (AvgIpc) is 2.71. The van der Waals surface area contributed by atoms with Gasteiger partial charge in [0.1, 0.15) is 6.54 Å². The van der Waals surface area contributed by atoms with Crippen LogP contribution < -0.4 is 0 Å². The lowest BCUT2D eigenvalue weighted by atomic mass is 10.1. The third-order valence-electron chi connectivity index (χ3n) is 3.17. The molecule has 1 aliphatic rings. The van der Waals surface area contributed by atoms with Gasteiger partial charge in [0.2, 0.25) is 5.91 Å². The standard InChI is InChI=1S/C13H23NO4/c1-3-8-14(9-13(16)17)12(15)7-6-11-5-4-10(2)18-11/h10-11H,3-9H2,1-2H3,(H,16,17). The monoisotopic (exact) mass is 257 g/mol. The van der Waals surface area contributed by atoms with E-state index in [-0.39, 0.29) is 24.7 Å². The second-order valence-corrected chi connectivity index (χ2v) is 4.89. The Bertz CT molecular complexity index is 293. The Labute approximate surface area is 108 Å². The van der Waals surface area contributed by atoms with Crippen molar-refractivity contribution < 1.29 is 19.4 Å². The van der Waals surface area contributed by atoms with E-state index < -0.39 is 5.97 Å². The summed E-state index contributed by atoms with van der Waals surface area (Å²) < 4.78 is 5.65. The molecule has 1 amide bonds. The Morgan fingerprint density at radius 3 is 2.61 bits per heavy atom. The van der Waals surface area contributed by atoms with Crippen molar-refractivity contribution in [2.24, 2.45) is 0 Å². The molecule has 2 unspecified atom stereocenters. The SMILES string of the molecule is CCCN(CC(=O)O)C(=O)CCC1CCC(C)O1. The molecule has 1 rings (SSSR count). The van der Waals surface area contributed by atoms with E-state index in [1.165, 1.54) is 4.90 Å². The van der Waals surface area contributed by atoms with Crippen molar-refractivity contribution in [1.29, 1.82) is 0 Å². The number of aliphatic carboxylic acids is 1. The molecule has 0 aliphatic carbocycles. The van der Waals surface area contributed by atoms with Gasteiger partial charge < -0.3 is 14.7 Å². The number of hydrogen-bond donors (Lipinski definition) is 1. The van der Waals surface area contributed by atoms with Crippen LogP contribution in [-0.2, 0) is 14.3 Å². The molecule has 0 radical (unpaired) electrons. The minimum atomic E-state index is -0.956. The van der Waals surface area contributed by atoms with Crippen molar-refractivity contribution in [2.45, 2.75) is 58.2 Å². The number of nitrogens with zero attached hydrogens (tertiary/aromatic N) is 1. The normalized spacial score (nSPS) is 23.0. The molecule has 5 heteroatoms. The molecule has 0 spiro atoms. The molecule has 0 aromatic carbocycles. The number of hydrogen-bond acceptors (Lipinski definition) is 3. The Morgan fingerprint density at radius 2 is 2.11 bits per heavy atom. The topological polar surface area (TPSA) is 66.8 Å². The van der Waals surface area contributed by atoms with Gasteiger partial charge in [0.25, 0.3) is 0 Å². The zero-order chi connectivity index (χ0) is 13.5. The molecule has 0 saturated carbocycles. The highest BCUT2D eigenvalue weighted by molar-refractivity contribution is 5.81. The number of rotatable bonds is 7. The zero-order valence-electron chi connectivity index (χ0n) is 11.2. The van der Waals surface area contributed by atoms with Crippen molar-refractivity contribution in [3.05, 3.63) is 0 Å². The predicted molar refractivity (Wildman–Crippen MR) is 67.3 cm³/mol. The van der Waals surface area contributed by atoms with Crippen LogP contribution in [0.25, 0.3) is 0 Å². The van der Waals surface area contributed by atoms with Crippen LogP contribution in [0.3, 0.4) is 0 Å². The summed E-state index contributed by atoms with van der Waals surface area (Å²) in [5.74, 6) is -1.04. The average molecular weight is 257 g/mol. The van der Waals surface area contributed by atoms with Gasteiger partial charge in [-0.05, 0) is 32.6 Å². The highest BCUT2D eigenvalue weighted by Crippen LogP contribution is 2.22. The number of carbonyl (C=O) groups is 2. The molecule has 1 aliphatic heterocycles. The van der Waals surface area contributed by atoms with Crippen LogP contribution in [-0.4, -0.2) is 47.2 Å². The molecule has 104 valence electrons. The van der Waals surface area contributed by atoms with Gasteiger partial charge in [-0.1, -0.05) is 6.92 Å². The van der Waals surface area contributed by atoms with E-state index in [9.17, 15) is 9.59 Å². The van der Waals surface area contributed by atoms with E-state index in [2.05, 4.69) is 0 Å². The fraction of sp³-hybridized carbons (Fsp3) is 0.846. The van der Waals surface area contributed by atoms with Crippen LogP contribution in [0.4, 0.5) is 0 Å². The second kappa shape index (κ2) is 7.36. The lowest BCUT2D eigenvalue weighted by Gasteiger charge is -2.20. The van der Waals surface area contributed by atoms with E-state index in [0.717, 1.165) is 19.3 Å². The summed E-state index contributed by atoms with van der Waals surface area (Å²) in [5.41, 5.74) is 0. The summed E-state index contributed by atoms with van der Waals surface area (Å²) in [6.07, 6.45) is 4.35. The number of carboxylic acids is 1. The molecule has 1 fully saturated rings. The largest absolute Gasteiger partial charge is 0.480 e. The summed E-state index contributed by atoms with van der Waals surface area (Å²) in [5, 5.41) is 8.76. The smallest absolute Gasteiger partial charge is 0.323 e. The zero-order valence-corrected chi connectivity index (χ0v) is 11.2. The van der Waals surface area contributed by atoms with Gasteiger partial charge in [0, 0.05) is 13.0 Å². The third-order valence-corrected chi connectivity index (χ3v) is 3.17. The minimum Gasteiger partial charge on any atom is -0.480 e. The summed E-state index contributed by atoms with van der Waals surface area (Å²) in [6.45, 7) is 4.28. The molecule has 1 saturated heterocycles. The Balaban J connectivity index is 2.34. The van der Waals surface area contributed by atoms with E-state index in [1.807, 2.05) is 13.8 Å². The number of carbonyl (C=O) groups excluding carboxylic acids is 1. The summed E-state index contributed by atoms with van der Waals surface area (Å²) >= 11 is 0. The first kappa shape index (κ1) is 15.0. The molecule has 0 bridgehead atoms. The van der Waals surface area contributed by atoms with E-state index in [4.69, 9.17) is 9.84 Å². The number of ether oxygens (including phenoxy) is 1. The molecular formula is C13H23NO4. The molecule has 0 aromatic heterocycles. The molecule has 1 heterocycles. The van der Waals surface area contributed by atoms with Crippen LogP contribution in [0, 0.1) is 0 Å². The van der Waals surface area contributed by atoms with Crippen molar-refractivity contribution in [3.63, 3.8) is 0 Å². The summed E-state index contributed by atoms with van der Waals surface area (Å²) in [4.78, 5) is 24.0. The first-order valence-electron chi connectivity index (χ1n) is 6.68. The summed E-state index contributed by atoms with van der Waals surface area (Å²) in [7, 11) is 0. The minimum absolute atomic E-state index is 0.0811. The number of amides is 1. The maximum absolute atomic E-state index is 11.9. The Kier molecular flexibility index (Phi) is 6.12. The fourth-order valence-electron chi connectivity index (χ4n) is 2.27. The molecular weight excluding hydrogens is 234 g/mol. The van der Waals surface area contributed by atoms with Crippen molar-refractivity contribution in [1.82, 2.24) is 4.90 Å². The quantitative estimate of drug-likeness (QED) is 0.753. The maximum atomic E-state index is 11.9. The predicted octanol–water partition coefficient (Wildman–Crippen LogP) is 1.66. The highest BCUT2D eigenvalue weighted by Gasteiger charge is 2.23. The molecule has 1 N–H and O–H groups in total. The summed E-state index contributed by atoms with van der Waals surface area (Å²) in [6, 6.07) is 0. The molecule has 5 nitrogen and oxygen atoms in total. The van der Waals surface area contributed by atoms with Crippen LogP contribution in [0.15, 0.2) is 0 Å². The van der Waals surface area contributed by atoms with Gasteiger partial charge in [-0.3, -0.25) is 9.59 Å². The highest BCUT2D eigenvalue weighted by atomic mass is 16.5. The Morgan fingerprint density at radius 1 is 1.39 bits per heavy atom. The first-order chi connectivity index (χ1) is 8.52. The lowest BCUT2D eigenvalue weighted by Crippen LogP contribution is -2.36. The Hall–Kier alpha value is -1.10. The fourth-order valence-corrected chi connectivity index (χ4v) is 2.27. The van der Waals surface area contributed by atoms with Gasteiger partial charge in [-0.15, -0.1) is 0 Å². The van der Waals surface area contributed by atoms with Crippen LogP contribution in [0.2, 0.25) is 0 Å². The van der Waals surface area contributed by atoms with Gasteiger partial charge in [-0.2, -0.15) is 0 Å². The molecule has 18 heavy (non-hydrogen) atoms. The number of carboxylic acid groups (broad SMARTS) is 1. The van der Waals surface area contributed by atoms with E-state index in [1.54, 1.807) is 0 Å². The third kappa shape index (κ3) is 5.04. The van der Waals surface area contributed by atoms with Gasteiger partial charge >= 0.3 is 5.97 Å². The van der Waals surface area contributed by atoms with Crippen molar-refractivity contribution in [3.8, 4) is 0 Å². The van der Waals surface area contributed by atoms with Crippen molar-refractivity contribution >= 4 is 11.9 Å². The van der Waals surface area contributed by atoms with Gasteiger partial charge in [0.15, 0.2) is 0 Å². The van der Waals surface area contributed by atoms with Gasteiger partial charge in [0.05, 0.1) is 12.2 Å². The second-order valence-electron chi connectivity index (χ2n) is 4.89.